The monoisotopic (exact) mass is 309 g/mol. The summed E-state index contributed by atoms with van der Waals surface area (Å²) in [5.74, 6) is 0.0838. The van der Waals surface area contributed by atoms with Gasteiger partial charge in [0.25, 0.3) is 0 Å². The molecule has 0 saturated heterocycles. The molecule has 1 aliphatic carbocycles. The number of rotatable bonds is 5. The summed E-state index contributed by atoms with van der Waals surface area (Å²) in [6, 6.07) is 1.86. The van der Waals surface area contributed by atoms with Crippen LogP contribution in [-0.4, -0.2) is 31.1 Å². The minimum absolute atomic E-state index is 0.214. The zero-order chi connectivity index (χ0) is 15.0. The van der Waals surface area contributed by atoms with E-state index in [0.29, 0.717) is 16.7 Å². The van der Waals surface area contributed by atoms with Crippen LogP contribution in [0.3, 0.4) is 0 Å². The van der Waals surface area contributed by atoms with Crippen molar-refractivity contribution in [1.29, 1.82) is 0 Å². The molecule has 0 spiro atoms. The van der Waals surface area contributed by atoms with Gasteiger partial charge in [-0.3, -0.25) is 14.7 Å². The summed E-state index contributed by atoms with van der Waals surface area (Å²) in [5, 5.41) is 12.9. The van der Waals surface area contributed by atoms with E-state index in [4.69, 9.17) is 4.52 Å². The van der Waals surface area contributed by atoms with Crippen LogP contribution in [0.4, 0.5) is 5.88 Å². The molecule has 1 saturated carbocycles. The molecule has 3 rings (SSSR count). The first kappa shape index (κ1) is 13.9. The third kappa shape index (κ3) is 3.02. The summed E-state index contributed by atoms with van der Waals surface area (Å²) in [7, 11) is 0. The molecule has 8 nitrogen and oxygen atoms in total. The molecular formula is C12H15N5O3S. The molecule has 1 aliphatic rings. The van der Waals surface area contributed by atoms with Gasteiger partial charge < -0.3 is 4.52 Å². The first-order valence-corrected chi connectivity index (χ1v) is 7.50. The quantitative estimate of drug-likeness (QED) is 0.807. The lowest BCUT2D eigenvalue weighted by Gasteiger charge is -2.10. The van der Waals surface area contributed by atoms with Gasteiger partial charge in [0.15, 0.2) is 5.16 Å². The normalized spacial score (nSPS) is 15.9. The van der Waals surface area contributed by atoms with Gasteiger partial charge in [0.05, 0.1) is 10.9 Å². The summed E-state index contributed by atoms with van der Waals surface area (Å²) in [5.41, 5.74) is 0.471. The van der Waals surface area contributed by atoms with Crippen molar-refractivity contribution in [3.63, 3.8) is 0 Å². The Labute approximate surface area is 124 Å². The number of nitrogens with one attached hydrogen (secondary N) is 2. The van der Waals surface area contributed by atoms with Gasteiger partial charge in [-0.1, -0.05) is 16.9 Å². The van der Waals surface area contributed by atoms with Crippen LogP contribution in [-0.2, 0) is 4.79 Å². The Bertz CT molecular complexity index is 715. The molecule has 0 unspecified atom stereocenters. The van der Waals surface area contributed by atoms with Crippen LogP contribution in [0.2, 0.25) is 0 Å². The van der Waals surface area contributed by atoms with Crippen molar-refractivity contribution in [3.8, 4) is 0 Å². The summed E-state index contributed by atoms with van der Waals surface area (Å²) in [4.78, 5) is 23.8. The van der Waals surface area contributed by atoms with Crippen LogP contribution in [0, 0.1) is 6.92 Å². The van der Waals surface area contributed by atoms with Crippen molar-refractivity contribution in [3.05, 3.63) is 22.2 Å². The van der Waals surface area contributed by atoms with Gasteiger partial charge in [-0.25, -0.2) is 9.89 Å². The van der Waals surface area contributed by atoms with Crippen LogP contribution in [0.5, 0.6) is 0 Å². The van der Waals surface area contributed by atoms with Crippen molar-refractivity contribution in [2.45, 2.75) is 43.1 Å². The van der Waals surface area contributed by atoms with E-state index in [9.17, 15) is 9.59 Å². The molecule has 9 heteroatoms. The van der Waals surface area contributed by atoms with Gasteiger partial charge in [0.1, 0.15) is 0 Å². The van der Waals surface area contributed by atoms with E-state index >= 15 is 0 Å². The Morgan fingerprint density at radius 1 is 1.62 bits per heavy atom. The number of aryl methyl sites for hydroxylation is 1. The number of aromatic amines is 1. The van der Waals surface area contributed by atoms with Gasteiger partial charge in [0, 0.05) is 12.1 Å². The maximum atomic E-state index is 12.1. The molecule has 21 heavy (non-hydrogen) atoms. The Hall–Kier alpha value is -2.03. The second-order valence-corrected chi connectivity index (χ2v) is 6.30. The number of nitrogens with zero attached hydrogens (tertiary/aromatic N) is 3. The van der Waals surface area contributed by atoms with E-state index < -0.39 is 5.25 Å². The van der Waals surface area contributed by atoms with Crippen molar-refractivity contribution >= 4 is 23.6 Å². The number of hydrogen-bond donors (Lipinski definition) is 2. The Kier molecular flexibility index (Phi) is 3.58. The fourth-order valence-electron chi connectivity index (χ4n) is 1.89. The topological polar surface area (TPSA) is 106 Å². The van der Waals surface area contributed by atoms with Gasteiger partial charge in [0.2, 0.25) is 11.8 Å². The Balaban J connectivity index is 1.67. The van der Waals surface area contributed by atoms with Crippen LogP contribution in [0.15, 0.2) is 20.5 Å². The highest BCUT2D eigenvalue weighted by molar-refractivity contribution is 8.00. The Morgan fingerprint density at radius 2 is 2.38 bits per heavy atom. The van der Waals surface area contributed by atoms with E-state index in [1.807, 2.05) is 0 Å². The van der Waals surface area contributed by atoms with E-state index in [2.05, 4.69) is 20.7 Å². The van der Waals surface area contributed by atoms with Crippen LogP contribution >= 0.6 is 11.8 Å². The molecule has 2 N–H and O–H groups in total. The highest BCUT2D eigenvalue weighted by Crippen LogP contribution is 2.36. The zero-order valence-electron chi connectivity index (χ0n) is 11.6. The third-order valence-electron chi connectivity index (χ3n) is 3.11. The lowest BCUT2D eigenvalue weighted by Crippen LogP contribution is -2.23. The number of carbonyl (C=O) groups excluding carboxylic acids is 1. The molecule has 0 bridgehead atoms. The molecule has 1 amide bonds. The molecule has 2 heterocycles. The van der Waals surface area contributed by atoms with Crippen molar-refractivity contribution < 1.29 is 9.32 Å². The smallest absolute Gasteiger partial charge is 0.338 e. The summed E-state index contributed by atoms with van der Waals surface area (Å²) in [6.45, 7) is 3.52. The fourth-order valence-corrected chi connectivity index (χ4v) is 2.81. The number of carbonyl (C=O) groups is 1. The average Bonchev–Trinajstić information content (AvgIpc) is 3.09. The fraction of sp³-hybridized carbons (Fsp3) is 0.500. The SMILES string of the molecule is Cc1cc(NC(=O)[C@H](C)Sc2n[nH]c(=O)n2C2CC2)on1. The molecule has 2 aromatic heterocycles. The minimum Gasteiger partial charge on any atom is -0.338 e. The average molecular weight is 309 g/mol. The predicted octanol–water partition coefficient (Wildman–Crippen LogP) is 1.32. The predicted molar refractivity (Wildman–Crippen MR) is 76.3 cm³/mol. The van der Waals surface area contributed by atoms with Crippen LogP contribution < -0.4 is 11.0 Å². The number of hydrogen-bond acceptors (Lipinski definition) is 6. The summed E-state index contributed by atoms with van der Waals surface area (Å²) >= 11 is 1.24. The molecule has 1 atom stereocenters. The molecule has 0 aliphatic heterocycles. The van der Waals surface area contributed by atoms with E-state index in [1.54, 1.807) is 24.5 Å². The number of thioether (sulfide) groups is 1. The van der Waals surface area contributed by atoms with Gasteiger partial charge in [-0.2, -0.15) is 0 Å². The van der Waals surface area contributed by atoms with Gasteiger partial charge in [-0.15, -0.1) is 5.10 Å². The Morgan fingerprint density at radius 3 is 3.00 bits per heavy atom. The van der Waals surface area contributed by atoms with Crippen molar-refractivity contribution in [2.24, 2.45) is 0 Å². The molecule has 112 valence electrons. The zero-order valence-corrected chi connectivity index (χ0v) is 12.4. The van der Waals surface area contributed by atoms with E-state index in [1.165, 1.54) is 11.8 Å². The minimum atomic E-state index is -0.414. The summed E-state index contributed by atoms with van der Waals surface area (Å²) in [6.07, 6.45) is 1.95. The second-order valence-electron chi connectivity index (χ2n) is 4.99. The van der Waals surface area contributed by atoms with Crippen LogP contribution in [0.1, 0.15) is 31.5 Å². The van der Waals surface area contributed by atoms with Gasteiger partial charge in [-0.05, 0) is 26.7 Å². The number of H-pyrrole nitrogens is 1. The van der Waals surface area contributed by atoms with E-state index in [-0.39, 0.29) is 17.6 Å². The molecule has 1 fully saturated rings. The number of amides is 1. The lowest BCUT2D eigenvalue weighted by molar-refractivity contribution is -0.115. The number of anilines is 1. The maximum Gasteiger partial charge on any atom is 0.344 e. The summed E-state index contributed by atoms with van der Waals surface area (Å²) < 4.78 is 6.56. The van der Waals surface area contributed by atoms with Gasteiger partial charge >= 0.3 is 5.69 Å². The highest BCUT2D eigenvalue weighted by atomic mass is 32.2. The van der Waals surface area contributed by atoms with Crippen LogP contribution in [0.25, 0.3) is 0 Å². The highest BCUT2D eigenvalue weighted by Gasteiger charge is 2.30. The third-order valence-corrected chi connectivity index (χ3v) is 4.18. The molecule has 2 aromatic rings. The van der Waals surface area contributed by atoms with Crippen molar-refractivity contribution in [1.82, 2.24) is 19.9 Å². The standard InChI is InChI=1S/C12H15N5O3S/c1-6-5-9(20-16-6)13-10(18)7(2)21-12-15-14-11(19)17(12)8-3-4-8/h5,7-8H,3-4H2,1-2H3,(H,13,18)(H,14,19)/t7-/m0/s1. The number of aromatic nitrogens is 4. The largest absolute Gasteiger partial charge is 0.344 e. The second kappa shape index (κ2) is 5.40. The molecular weight excluding hydrogens is 294 g/mol. The first-order chi connectivity index (χ1) is 10.0. The van der Waals surface area contributed by atoms with Crippen molar-refractivity contribution in [2.75, 3.05) is 5.32 Å². The van der Waals surface area contributed by atoms with E-state index in [0.717, 1.165) is 12.8 Å². The maximum absolute atomic E-state index is 12.1. The molecule has 0 aromatic carbocycles. The molecule has 0 radical (unpaired) electrons. The first-order valence-electron chi connectivity index (χ1n) is 6.62. The lowest BCUT2D eigenvalue weighted by atomic mass is 10.4.